The number of hydrogen-bond donors (Lipinski definition) is 0. The van der Waals surface area contributed by atoms with Crippen LogP contribution in [-0.4, -0.2) is 24.2 Å². The summed E-state index contributed by atoms with van der Waals surface area (Å²) >= 11 is 0. The molecule has 2 fully saturated rings. The number of anilines is 2. The Hall–Kier alpha value is -1.18. The summed E-state index contributed by atoms with van der Waals surface area (Å²) in [7, 11) is 0. The summed E-state index contributed by atoms with van der Waals surface area (Å²) in [4.78, 5) is 5.29. The molecule has 1 aromatic rings. The third kappa shape index (κ3) is 2.19. The monoisotopic (exact) mass is 272 g/mol. The average Bonchev–Trinajstić information content (AvgIpc) is 2.93. The van der Waals surface area contributed by atoms with E-state index in [2.05, 4.69) is 61.8 Å². The van der Waals surface area contributed by atoms with E-state index in [-0.39, 0.29) is 0 Å². The van der Waals surface area contributed by atoms with Gasteiger partial charge in [-0.05, 0) is 65.5 Å². The van der Waals surface area contributed by atoms with Crippen molar-refractivity contribution in [1.82, 2.24) is 0 Å². The molecular weight excluding hydrogens is 244 g/mol. The Labute approximate surface area is 123 Å². The second kappa shape index (κ2) is 5.31. The Morgan fingerprint density at radius 3 is 1.25 bits per heavy atom. The van der Waals surface area contributed by atoms with E-state index in [0.29, 0.717) is 24.2 Å². The van der Waals surface area contributed by atoms with Crippen LogP contribution in [-0.2, 0) is 0 Å². The molecule has 2 heteroatoms. The summed E-state index contributed by atoms with van der Waals surface area (Å²) in [5, 5.41) is 0. The molecule has 2 heterocycles. The summed E-state index contributed by atoms with van der Waals surface area (Å²) in [6.45, 7) is 9.49. The van der Waals surface area contributed by atoms with Gasteiger partial charge in [-0.3, -0.25) is 0 Å². The highest BCUT2D eigenvalue weighted by molar-refractivity contribution is 5.73. The fourth-order valence-electron chi connectivity index (χ4n) is 4.24. The van der Waals surface area contributed by atoms with Crippen LogP contribution in [0.5, 0.6) is 0 Å². The van der Waals surface area contributed by atoms with Crippen molar-refractivity contribution in [2.24, 2.45) is 0 Å². The fraction of sp³-hybridized carbons (Fsp3) is 0.667. The first-order valence-corrected chi connectivity index (χ1v) is 8.25. The lowest BCUT2D eigenvalue weighted by atomic mass is 10.1. The highest BCUT2D eigenvalue weighted by Crippen LogP contribution is 2.41. The maximum absolute atomic E-state index is 2.65. The largest absolute Gasteiger partial charge is 0.364 e. The SMILES string of the molecule is CC1CC[C@@H](C)N1c1ccccc1N1[C@H](C)CC[C@H]1C. The lowest BCUT2D eigenvalue weighted by molar-refractivity contribution is 0.669. The minimum Gasteiger partial charge on any atom is -0.364 e. The van der Waals surface area contributed by atoms with Crippen molar-refractivity contribution < 1.29 is 0 Å². The molecule has 4 atom stereocenters. The molecule has 2 nitrogen and oxygen atoms in total. The molecule has 0 aliphatic carbocycles. The molecule has 0 saturated carbocycles. The summed E-state index contributed by atoms with van der Waals surface area (Å²) in [5.41, 5.74) is 2.90. The maximum atomic E-state index is 2.65. The van der Waals surface area contributed by atoms with E-state index in [0.717, 1.165) is 0 Å². The van der Waals surface area contributed by atoms with E-state index in [1.54, 1.807) is 0 Å². The Kier molecular flexibility index (Phi) is 3.66. The van der Waals surface area contributed by atoms with Crippen molar-refractivity contribution in [2.75, 3.05) is 9.80 Å². The van der Waals surface area contributed by atoms with Crippen molar-refractivity contribution in [2.45, 2.75) is 77.5 Å². The van der Waals surface area contributed by atoms with Crippen LogP contribution in [0.1, 0.15) is 53.4 Å². The van der Waals surface area contributed by atoms with E-state index in [1.165, 1.54) is 37.1 Å². The van der Waals surface area contributed by atoms with Gasteiger partial charge in [-0.1, -0.05) is 12.1 Å². The molecule has 2 aliphatic heterocycles. The molecule has 1 unspecified atom stereocenters. The number of hydrogen-bond acceptors (Lipinski definition) is 2. The van der Waals surface area contributed by atoms with E-state index in [9.17, 15) is 0 Å². The second-order valence-electron chi connectivity index (χ2n) is 6.85. The zero-order chi connectivity index (χ0) is 14.3. The topological polar surface area (TPSA) is 6.48 Å². The molecule has 0 aromatic heterocycles. The molecule has 3 rings (SSSR count). The van der Waals surface area contributed by atoms with Gasteiger partial charge in [0.05, 0.1) is 11.4 Å². The van der Waals surface area contributed by atoms with Gasteiger partial charge in [0.1, 0.15) is 0 Å². The Morgan fingerprint density at radius 1 is 0.650 bits per heavy atom. The first kappa shape index (κ1) is 13.8. The third-order valence-electron chi connectivity index (χ3n) is 5.34. The molecule has 20 heavy (non-hydrogen) atoms. The molecular formula is C18H28N2. The molecule has 0 bridgehead atoms. The van der Waals surface area contributed by atoms with E-state index < -0.39 is 0 Å². The highest BCUT2D eigenvalue weighted by Gasteiger charge is 2.33. The minimum atomic E-state index is 0.666. The predicted molar refractivity (Wildman–Crippen MR) is 87.7 cm³/mol. The van der Waals surface area contributed by atoms with Crippen molar-refractivity contribution in [1.29, 1.82) is 0 Å². The second-order valence-corrected chi connectivity index (χ2v) is 6.85. The molecule has 0 spiro atoms. The molecule has 2 aliphatic rings. The Bertz CT molecular complexity index is 407. The Balaban J connectivity index is 2.00. The van der Waals surface area contributed by atoms with Gasteiger partial charge in [0, 0.05) is 24.2 Å². The predicted octanol–water partition coefficient (Wildman–Crippen LogP) is 4.44. The molecule has 2 saturated heterocycles. The summed E-state index contributed by atoms with van der Waals surface area (Å²) < 4.78 is 0. The normalized spacial score (nSPS) is 34.0. The quantitative estimate of drug-likeness (QED) is 0.785. The lowest BCUT2D eigenvalue weighted by Crippen LogP contribution is -2.37. The van der Waals surface area contributed by atoms with Crippen molar-refractivity contribution in [3.63, 3.8) is 0 Å². The van der Waals surface area contributed by atoms with Crippen molar-refractivity contribution >= 4 is 11.4 Å². The van der Waals surface area contributed by atoms with Crippen molar-refractivity contribution in [3.8, 4) is 0 Å². The molecule has 0 N–H and O–H groups in total. The number of nitrogens with zero attached hydrogens (tertiary/aromatic N) is 2. The zero-order valence-corrected chi connectivity index (χ0v) is 13.3. The smallest absolute Gasteiger partial charge is 0.0609 e. The maximum Gasteiger partial charge on any atom is 0.0609 e. The standard InChI is InChI=1S/C18H28N2/c1-13-9-10-14(2)19(13)17-7-5-6-8-18(17)20-15(3)11-12-16(20)4/h5-8,13-16H,9-12H2,1-4H3/t13-,14-,15-,16?/m1/s1. The number of para-hydroxylation sites is 2. The van der Waals surface area contributed by atoms with Crippen LogP contribution in [0.15, 0.2) is 24.3 Å². The van der Waals surface area contributed by atoms with Gasteiger partial charge in [0.2, 0.25) is 0 Å². The van der Waals surface area contributed by atoms with Gasteiger partial charge >= 0.3 is 0 Å². The van der Waals surface area contributed by atoms with Gasteiger partial charge < -0.3 is 9.80 Å². The third-order valence-corrected chi connectivity index (χ3v) is 5.34. The van der Waals surface area contributed by atoms with Crippen LogP contribution < -0.4 is 9.80 Å². The summed E-state index contributed by atoms with van der Waals surface area (Å²) in [6.07, 6.45) is 5.28. The Morgan fingerprint density at radius 2 is 0.950 bits per heavy atom. The van der Waals surface area contributed by atoms with E-state index in [4.69, 9.17) is 0 Å². The summed E-state index contributed by atoms with van der Waals surface area (Å²) in [6, 6.07) is 11.7. The van der Waals surface area contributed by atoms with Crippen LogP contribution in [0, 0.1) is 0 Å². The lowest BCUT2D eigenvalue weighted by Gasteiger charge is -2.36. The van der Waals surface area contributed by atoms with Crippen LogP contribution in [0.25, 0.3) is 0 Å². The van der Waals surface area contributed by atoms with Gasteiger partial charge in [-0.15, -0.1) is 0 Å². The van der Waals surface area contributed by atoms with Gasteiger partial charge in [0.25, 0.3) is 0 Å². The van der Waals surface area contributed by atoms with Crippen LogP contribution in [0.2, 0.25) is 0 Å². The molecule has 1 aromatic carbocycles. The number of rotatable bonds is 2. The van der Waals surface area contributed by atoms with E-state index >= 15 is 0 Å². The molecule has 0 amide bonds. The average molecular weight is 272 g/mol. The molecule has 0 radical (unpaired) electrons. The molecule has 110 valence electrons. The van der Waals surface area contributed by atoms with Gasteiger partial charge in [-0.2, -0.15) is 0 Å². The summed E-state index contributed by atoms with van der Waals surface area (Å²) in [5.74, 6) is 0. The van der Waals surface area contributed by atoms with Crippen LogP contribution in [0.4, 0.5) is 11.4 Å². The van der Waals surface area contributed by atoms with Gasteiger partial charge in [-0.25, -0.2) is 0 Å². The van der Waals surface area contributed by atoms with E-state index in [1.807, 2.05) is 0 Å². The first-order valence-electron chi connectivity index (χ1n) is 8.25. The van der Waals surface area contributed by atoms with Gasteiger partial charge in [0.15, 0.2) is 0 Å². The minimum absolute atomic E-state index is 0.666. The van der Waals surface area contributed by atoms with Crippen LogP contribution >= 0.6 is 0 Å². The fourth-order valence-corrected chi connectivity index (χ4v) is 4.24. The zero-order valence-electron chi connectivity index (χ0n) is 13.3. The highest BCUT2D eigenvalue weighted by atomic mass is 15.3. The number of benzene rings is 1. The first-order chi connectivity index (χ1) is 9.59. The van der Waals surface area contributed by atoms with Crippen molar-refractivity contribution in [3.05, 3.63) is 24.3 Å². The van der Waals surface area contributed by atoms with Crippen LogP contribution in [0.3, 0.4) is 0 Å².